The minimum absolute atomic E-state index is 0.780. The van der Waals surface area contributed by atoms with E-state index in [1.54, 1.807) is 6.21 Å². The summed E-state index contributed by atoms with van der Waals surface area (Å²) in [6.45, 7) is 11.1. The number of hydrogen-bond donors (Lipinski definition) is 0. The summed E-state index contributed by atoms with van der Waals surface area (Å²) < 4.78 is 0.922. The summed E-state index contributed by atoms with van der Waals surface area (Å²) in [5.74, 6) is 0. The first-order valence-corrected chi connectivity index (χ1v) is 4.90. The lowest BCUT2D eigenvalue weighted by Crippen LogP contribution is -2.00. The molecule has 2 nitrogen and oxygen atoms in total. The van der Waals surface area contributed by atoms with E-state index in [2.05, 4.69) is 45.7 Å². The van der Waals surface area contributed by atoms with Crippen LogP contribution in [0.3, 0.4) is 0 Å². The minimum Gasteiger partial charge on any atom is -0.263 e. The highest BCUT2D eigenvalue weighted by Crippen LogP contribution is 2.08. The maximum Gasteiger partial charge on any atom is 0.0974 e. The fourth-order valence-electron chi connectivity index (χ4n) is 0.537. The number of aliphatic imine (C=N–C) groups is 2. The van der Waals surface area contributed by atoms with Crippen molar-refractivity contribution in [1.29, 1.82) is 0 Å². The number of rotatable bonds is 4. The van der Waals surface area contributed by atoms with Gasteiger partial charge in [-0.05, 0) is 42.0 Å². The summed E-state index contributed by atoms with van der Waals surface area (Å²) in [5.41, 5.74) is 1.67. The van der Waals surface area contributed by atoms with E-state index in [0.29, 0.717) is 0 Å². The Morgan fingerprint density at radius 2 is 2.08 bits per heavy atom. The summed E-state index contributed by atoms with van der Waals surface area (Å²) in [4.78, 5) is 8.20. The van der Waals surface area contributed by atoms with Crippen molar-refractivity contribution in [2.24, 2.45) is 9.98 Å². The van der Waals surface area contributed by atoms with Crippen LogP contribution in [0.5, 0.6) is 0 Å². The summed E-state index contributed by atoms with van der Waals surface area (Å²) >= 11 is 2.15. The number of halogens is 1. The molecule has 0 saturated carbocycles. The molecule has 0 radical (unpaired) electrons. The average molecular weight is 288 g/mol. The van der Waals surface area contributed by atoms with Crippen molar-refractivity contribution < 1.29 is 0 Å². The second-order valence-corrected chi connectivity index (χ2v) is 3.45. The monoisotopic (exact) mass is 288 g/mol. The summed E-state index contributed by atoms with van der Waals surface area (Å²) in [6, 6.07) is 0. The summed E-state index contributed by atoms with van der Waals surface area (Å²) in [6.07, 6.45) is 5.05. The van der Waals surface area contributed by atoms with E-state index in [4.69, 9.17) is 0 Å². The molecule has 0 aliphatic carbocycles. The SMILES string of the molecule is C=C\N=C/C(=N/C(I)=C\C)C(=C)C. The van der Waals surface area contributed by atoms with E-state index < -0.39 is 0 Å². The van der Waals surface area contributed by atoms with Gasteiger partial charge in [-0.1, -0.05) is 19.2 Å². The van der Waals surface area contributed by atoms with E-state index in [1.165, 1.54) is 6.20 Å². The molecule has 0 aliphatic rings. The smallest absolute Gasteiger partial charge is 0.0974 e. The number of nitrogens with zero attached hydrogens (tertiary/aromatic N) is 2. The largest absolute Gasteiger partial charge is 0.263 e. The Balaban J connectivity index is 4.80. The molecule has 0 heterocycles. The minimum atomic E-state index is 0.780. The Hall–Kier alpha value is -0.710. The fourth-order valence-corrected chi connectivity index (χ4v) is 0.797. The van der Waals surface area contributed by atoms with Gasteiger partial charge in [0, 0.05) is 6.20 Å². The van der Waals surface area contributed by atoms with Gasteiger partial charge < -0.3 is 0 Å². The molecule has 0 rings (SSSR count). The maximum absolute atomic E-state index is 4.30. The highest BCUT2D eigenvalue weighted by atomic mass is 127. The molecule has 13 heavy (non-hydrogen) atoms. The van der Waals surface area contributed by atoms with Gasteiger partial charge in [0.15, 0.2) is 0 Å². The molecule has 0 N–H and O–H groups in total. The van der Waals surface area contributed by atoms with Crippen molar-refractivity contribution in [3.05, 3.63) is 34.7 Å². The lowest BCUT2D eigenvalue weighted by molar-refractivity contribution is 1.48. The third-order valence-electron chi connectivity index (χ3n) is 1.20. The molecule has 0 aliphatic heterocycles. The van der Waals surface area contributed by atoms with Crippen molar-refractivity contribution in [1.82, 2.24) is 0 Å². The first-order chi connectivity index (χ1) is 6.11. The Bertz CT molecular complexity index is 285. The molecule has 0 bridgehead atoms. The number of allylic oxidation sites excluding steroid dienone is 2. The van der Waals surface area contributed by atoms with Crippen molar-refractivity contribution in [3.63, 3.8) is 0 Å². The van der Waals surface area contributed by atoms with Crippen LogP contribution in [0.1, 0.15) is 13.8 Å². The van der Waals surface area contributed by atoms with Gasteiger partial charge in [-0.15, -0.1) is 0 Å². The van der Waals surface area contributed by atoms with Crippen LogP contribution in [-0.4, -0.2) is 11.9 Å². The topological polar surface area (TPSA) is 24.7 Å². The first-order valence-electron chi connectivity index (χ1n) is 3.82. The van der Waals surface area contributed by atoms with Crippen LogP contribution in [-0.2, 0) is 0 Å². The molecule has 0 unspecified atom stereocenters. The standard InChI is InChI=1S/C10H13IN2/c1-5-10(11)13-9(8(3)4)7-12-6-2/h5-7H,2-3H2,1,4H3/b10-5-,12-7-,13-9-. The molecule has 3 heteroatoms. The molecule has 0 aromatic carbocycles. The molecule has 0 aromatic rings. The zero-order valence-electron chi connectivity index (χ0n) is 7.92. The van der Waals surface area contributed by atoms with Gasteiger partial charge in [0.25, 0.3) is 0 Å². The highest BCUT2D eigenvalue weighted by Gasteiger charge is 1.95. The van der Waals surface area contributed by atoms with Crippen molar-refractivity contribution in [2.75, 3.05) is 0 Å². The normalized spacial score (nSPS) is 13.5. The summed E-state index contributed by atoms with van der Waals surface area (Å²) in [5, 5.41) is 0. The Labute approximate surface area is 93.0 Å². The second-order valence-electron chi connectivity index (χ2n) is 2.35. The molecule has 0 fully saturated rings. The summed E-state index contributed by atoms with van der Waals surface area (Å²) in [7, 11) is 0. The van der Waals surface area contributed by atoms with Crippen LogP contribution >= 0.6 is 22.6 Å². The highest BCUT2D eigenvalue weighted by molar-refractivity contribution is 14.1. The molecular weight excluding hydrogens is 275 g/mol. The van der Waals surface area contributed by atoms with Gasteiger partial charge in [0.1, 0.15) is 0 Å². The number of hydrogen-bond acceptors (Lipinski definition) is 2. The molecule has 0 amide bonds. The Morgan fingerprint density at radius 1 is 1.46 bits per heavy atom. The van der Waals surface area contributed by atoms with Gasteiger partial charge in [-0.2, -0.15) is 0 Å². The van der Waals surface area contributed by atoms with Crippen LogP contribution in [0.4, 0.5) is 0 Å². The zero-order valence-corrected chi connectivity index (χ0v) is 10.1. The van der Waals surface area contributed by atoms with E-state index in [1.807, 2.05) is 19.9 Å². The van der Waals surface area contributed by atoms with Gasteiger partial charge in [-0.3, -0.25) is 4.99 Å². The average Bonchev–Trinajstić information content (AvgIpc) is 2.11. The zero-order chi connectivity index (χ0) is 10.3. The van der Waals surface area contributed by atoms with Crippen LogP contribution < -0.4 is 0 Å². The van der Waals surface area contributed by atoms with E-state index >= 15 is 0 Å². The Kier molecular flexibility index (Phi) is 6.40. The quantitative estimate of drug-likeness (QED) is 0.429. The van der Waals surface area contributed by atoms with Crippen molar-refractivity contribution in [2.45, 2.75) is 13.8 Å². The molecule has 0 saturated heterocycles. The molecule has 0 atom stereocenters. The molecule has 0 spiro atoms. The predicted molar refractivity (Wildman–Crippen MR) is 68.7 cm³/mol. The Morgan fingerprint density at radius 3 is 2.46 bits per heavy atom. The van der Waals surface area contributed by atoms with Crippen LogP contribution in [0, 0.1) is 0 Å². The van der Waals surface area contributed by atoms with Crippen LogP contribution in [0.2, 0.25) is 0 Å². The van der Waals surface area contributed by atoms with Crippen LogP contribution in [0.15, 0.2) is 44.7 Å². The van der Waals surface area contributed by atoms with E-state index in [9.17, 15) is 0 Å². The lowest BCUT2D eigenvalue weighted by Gasteiger charge is -1.97. The van der Waals surface area contributed by atoms with E-state index in [0.717, 1.165) is 15.0 Å². The molecule has 70 valence electrons. The van der Waals surface area contributed by atoms with Gasteiger partial charge in [-0.25, -0.2) is 4.99 Å². The van der Waals surface area contributed by atoms with Crippen molar-refractivity contribution >= 4 is 34.5 Å². The van der Waals surface area contributed by atoms with Crippen LogP contribution in [0.25, 0.3) is 0 Å². The third-order valence-corrected chi connectivity index (χ3v) is 2.07. The lowest BCUT2D eigenvalue weighted by atomic mass is 10.2. The van der Waals surface area contributed by atoms with Gasteiger partial charge >= 0.3 is 0 Å². The van der Waals surface area contributed by atoms with Gasteiger partial charge in [0.2, 0.25) is 0 Å². The second kappa shape index (κ2) is 6.77. The predicted octanol–water partition coefficient (Wildman–Crippen LogP) is 3.51. The molecule has 0 aromatic heterocycles. The first kappa shape index (κ1) is 12.3. The van der Waals surface area contributed by atoms with E-state index in [-0.39, 0.29) is 0 Å². The fraction of sp³-hybridized carbons (Fsp3) is 0.200. The van der Waals surface area contributed by atoms with Gasteiger partial charge in [0.05, 0.1) is 15.6 Å². The molecular formula is C10H13IN2. The maximum atomic E-state index is 4.30. The third kappa shape index (κ3) is 5.52. The van der Waals surface area contributed by atoms with Crippen molar-refractivity contribution in [3.8, 4) is 0 Å².